The maximum atomic E-state index is 11.2. The van der Waals surface area contributed by atoms with Gasteiger partial charge in [0.15, 0.2) is 0 Å². The molecule has 0 saturated heterocycles. The predicted octanol–water partition coefficient (Wildman–Crippen LogP) is 0.0510. The first-order chi connectivity index (χ1) is 5.68. The third-order valence-electron chi connectivity index (χ3n) is 3.49. The van der Waals surface area contributed by atoms with Crippen LogP contribution in [-0.4, -0.2) is 12.5 Å². The van der Waals surface area contributed by atoms with Crippen LogP contribution in [0.25, 0.3) is 0 Å². The zero-order valence-electron chi connectivity index (χ0n) is 7.12. The van der Waals surface area contributed by atoms with Crippen LogP contribution in [0.3, 0.4) is 0 Å². The summed E-state index contributed by atoms with van der Waals surface area (Å²) in [6.07, 6.45) is 5.12. The summed E-state index contributed by atoms with van der Waals surface area (Å²) >= 11 is 0. The Bertz CT molecular complexity index is 217. The Morgan fingerprint density at radius 3 is 2.83 bits per heavy atom. The lowest BCUT2D eigenvalue weighted by atomic mass is 9.79. The maximum absolute atomic E-state index is 11.2. The van der Waals surface area contributed by atoms with Crippen LogP contribution in [0.15, 0.2) is 0 Å². The lowest BCUT2D eigenvalue weighted by Crippen LogP contribution is -2.35. The van der Waals surface area contributed by atoms with E-state index in [9.17, 15) is 4.79 Å². The number of carbonyl (C=O) groups is 1. The Hall–Kier alpha value is -0.570. The van der Waals surface area contributed by atoms with Crippen LogP contribution in [0, 0.1) is 23.7 Å². The fraction of sp³-hybridized carbons (Fsp3) is 0.778. The summed E-state index contributed by atoms with van der Waals surface area (Å²) in [6.45, 7) is 0.666. The number of carbonyl (C=O) groups excluding carboxylic acids is 1. The van der Waals surface area contributed by atoms with Crippen molar-refractivity contribution in [2.45, 2.75) is 19.3 Å². The molecule has 1 amide bonds. The van der Waals surface area contributed by atoms with Gasteiger partial charge in [0, 0.05) is 0 Å². The van der Waals surface area contributed by atoms with Crippen molar-refractivity contribution in [2.24, 2.45) is 28.7 Å². The van der Waals surface area contributed by atoms with Crippen molar-refractivity contribution in [3.63, 3.8) is 0 Å². The first-order valence-corrected chi connectivity index (χ1v) is 4.54. The minimum Gasteiger partial charge on any atom is -0.369 e. The molecule has 3 heteroatoms. The first kappa shape index (κ1) is 8.05. The van der Waals surface area contributed by atoms with E-state index in [0.717, 1.165) is 19.3 Å². The van der Waals surface area contributed by atoms with E-state index in [1.165, 1.54) is 0 Å². The van der Waals surface area contributed by atoms with E-state index in [4.69, 9.17) is 11.5 Å². The molecular formula is C9H15N2O. The van der Waals surface area contributed by atoms with Crippen molar-refractivity contribution in [2.75, 3.05) is 6.54 Å². The van der Waals surface area contributed by atoms with Crippen molar-refractivity contribution in [3.8, 4) is 0 Å². The van der Waals surface area contributed by atoms with Crippen molar-refractivity contribution >= 4 is 5.91 Å². The summed E-state index contributed by atoms with van der Waals surface area (Å²) in [4.78, 5) is 11.2. The Labute approximate surface area is 72.5 Å². The SMILES string of the molecule is NCC1[CH]C2(C(N)=O)CCC1C2. The first-order valence-electron chi connectivity index (χ1n) is 4.54. The molecule has 3 unspecified atom stereocenters. The van der Waals surface area contributed by atoms with Crippen LogP contribution in [0.1, 0.15) is 19.3 Å². The standard InChI is InChI=1S/C9H15N2O/c10-5-7-4-9(8(11)12)2-1-6(7)3-9/h4,6-7H,1-3,5,10H2,(H2,11,12). The van der Waals surface area contributed by atoms with Crippen molar-refractivity contribution < 1.29 is 4.79 Å². The van der Waals surface area contributed by atoms with E-state index in [-0.39, 0.29) is 11.3 Å². The summed E-state index contributed by atoms with van der Waals surface area (Å²) in [7, 11) is 0. The molecule has 3 nitrogen and oxygen atoms in total. The highest BCUT2D eigenvalue weighted by atomic mass is 16.1. The topological polar surface area (TPSA) is 69.1 Å². The Kier molecular flexibility index (Phi) is 1.65. The number of rotatable bonds is 2. The minimum absolute atomic E-state index is 0.152. The summed E-state index contributed by atoms with van der Waals surface area (Å²) in [5, 5.41) is 0. The van der Waals surface area contributed by atoms with Crippen molar-refractivity contribution in [3.05, 3.63) is 6.42 Å². The zero-order valence-corrected chi connectivity index (χ0v) is 7.12. The molecule has 0 aromatic rings. The van der Waals surface area contributed by atoms with Crippen LogP contribution < -0.4 is 11.5 Å². The van der Waals surface area contributed by atoms with Gasteiger partial charge in [0.2, 0.25) is 5.91 Å². The minimum atomic E-state index is -0.283. The summed E-state index contributed by atoms with van der Waals surface area (Å²) < 4.78 is 0. The van der Waals surface area contributed by atoms with Crippen LogP contribution >= 0.6 is 0 Å². The Morgan fingerprint density at radius 2 is 2.42 bits per heavy atom. The monoisotopic (exact) mass is 167 g/mol. The zero-order chi connectivity index (χ0) is 8.77. The second kappa shape index (κ2) is 2.46. The van der Waals surface area contributed by atoms with E-state index in [1.54, 1.807) is 0 Å². The normalized spacial score (nSPS) is 45.1. The Morgan fingerprint density at radius 1 is 1.67 bits per heavy atom. The highest BCUT2D eigenvalue weighted by molar-refractivity contribution is 5.83. The van der Waals surface area contributed by atoms with Gasteiger partial charge in [0.05, 0.1) is 5.41 Å². The third kappa shape index (κ3) is 0.891. The number of hydrogen-bond acceptors (Lipinski definition) is 2. The molecule has 2 saturated carbocycles. The van der Waals surface area contributed by atoms with Gasteiger partial charge in [-0.25, -0.2) is 0 Å². The average Bonchev–Trinajstić information content (AvgIpc) is 2.61. The van der Waals surface area contributed by atoms with Gasteiger partial charge in [-0.1, -0.05) is 0 Å². The molecule has 67 valence electrons. The van der Waals surface area contributed by atoms with E-state index in [1.807, 2.05) is 0 Å². The summed E-state index contributed by atoms with van der Waals surface area (Å²) in [6, 6.07) is 0. The molecule has 0 aromatic heterocycles. The molecule has 2 aliphatic carbocycles. The fourth-order valence-corrected chi connectivity index (χ4v) is 2.74. The molecule has 3 atom stereocenters. The maximum Gasteiger partial charge on any atom is 0.223 e. The molecule has 12 heavy (non-hydrogen) atoms. The van der Waals surface area contributed by atoms with E-state index >= 15 is 0 Å². The van der Waals surface area contributed by atoms with Gasteiger partial charge in [-0.2, -0.15) is 0 Å². The summed E-state index contributed by atoms with van der Waals surface area (Å²) in [5.74, 6) is 0.912. The quantitative estimate of drug-likeness (QED) is 0.610. The second-order valence-corrected chi connectivity index (χ2v) is 4.09. The van der Waals surface area contributed by atoms with Gasteiger partial charge in [-0.05, 0) is 44.1 Å². The van der Waals surface area contributed by atoms with Gasteiger partial charge >= 0.3 is 0 Å². The number of primary amides is 1. The highest BCUT2D eigenvalue weighted by Crippen LogP contribution is 2.55. The van der Waals surface area contributed by atoms with Gasteiger partial charge in [0.25, 0.3) is 0 Å². The third-order valence-corrected chi connectivity index (χ3v) is 3.49. The van der Waals surface area contributed by atoms with Gasteiger partial charge < -0.3 is 11.5 Å². The highest BCUT2D eigenvalue weighted by Gasteiger charge is 2.53. The predicted molar refractivity (Wildman–Crippen MR) is 45.8 cm³/mol. The number of amides is 1. The lowest BCUT2D eigenvalue weighted by Gasteiger charge is -2.25. The molecule has 4 N–H and O–H groups in total. The summed E-state index contributed by atoms with van der Waals surface area (Å²) in [5.41, 5.74) is 10.7. The number of fused-ring (bicyclic) bond motifs is 2. The molecule has 0 aliphatic heterocycles. The number of nitrogens with two attached hydrogens (primary N) is 2. The molecule has 1 radical (unpaired) electrons. The smallest absolute Gasteiger partial charge is 0.223 e. The Balaban J connectivity index is 2.17. The van der Waals surface area contributed by atoms with E-state index in [0.29, 0.717) is 18.4 Å². The van der Waals surface area contributed by atoms with Crippen LogP contribution in [-0.2, 0) is 4.79 Å². The molecular weight excluding hydrogens is 152 g/mol. The van der Waals surface area contributed by atoms with E-state index < -0.39 is 0 Å². The van der Waals surface area contributed by atoms with Crippen LogP contribution in [0.5, 0.6) is 0 Å². The van der Waals surface area contributed by atoms with Gasteiger partial charge in [0.1, 0.15) is 0 Å². The van der Waals surface area contributed by atoms with E-state index in [2.05, 4.69) is 6.42 Å². The van der Waals surface area contributed by atoms with Gasteiger partial charge in [-0.3, -0.25) is 4.79 Å². The molecule has 2 fully saturated rings. The molecule has 0 spiro atoms. The fourth-order valence-electron chi connectivity index (χ4n) is 2.74. The van der Waals surface area contributed by atoms with Crippen LogP contribution in [0.2, 0.25) is 0 Å². The van der Waals surface area contributed by atoms with Crippen molar-refractivity contribution in [1.82, 2.24) is 0 Å². The molecule has 2 rings (SSSR count). The molecule has 0 heterocycles. The van der Waals surface area contributed by atoms with Crippen molar-refractivity contribution in [1.29, 1.82) is 0 Å². The average molecular weight is 167 g/mol. The van der Waals surface area contributed by atoms with Crippen LogP contribution in [0.4, 0.5) is 0 Å². The largest absolute Gasteiger partial charge is 0.369 e. The second-order valence-electron chi connectivity index (χ2n) is 4.09. The van der Waals surface area contributed by atoms with Gasteiger partial charge in [-0.15, -0.1) is 0 Å². The molecule has 0 aromatic carbocycles. The lowest BCUT2D eigenvalue weighted by molar-refractivity contribution is -0.125. The number of hydrogen-bond donors (Lipinski definition) is 2. The molecule has 2 bridgehead atoms. The molecule has 2 aliphatic rings.